The summed E-state index contributed by atoms with van der Waals surface area (Å²) >= 11 is 0. The van der Waals surface area contributed by atoms with Crippen LogP contribution in [0.3, 0.4) is 0 Å². The van der Waals surface area contributed by atoms with Crippen LogP contribution in [-0.4, -0.2) is 40.6 Å². The van der Waals surface area contributed by atoms with Crippen molar-refractivity contribution in [3.05, 3.63) is 36.0 Å². The van der Waals surface area contributed by atoms with Crippen molar-refractivity contribution in [3.8, 4) is 17.0 Å². The highest BCUT2D eigenvalue weighted by atomic mass is 16.5. The van der Waals surface area contributed by atoms with E-state index < -0.39 is 0 Å². The van der Waals surface area contributed by atoms with Gasteiger partial charge in [0.2, 0.25) is 0 Å². The second-order valence-electron chi connectivity index (χ2n) is 7.38. The summed E-state index contributed by atoms with van der Waals surface area (Å²) in [5, 5.41) is 17.0. The average Bonchev–Trinajstić information content (AvgIpc) is 2.94. The van der Waals surface area contributed by atoms with E-state index >= 15 is 0 Å². The smallest absolute Gasteiger partial charge is 0.255 e. The molecule has 1 unspecified atom stereocenters. The highest BCUT2D eigenvalue weighted by Gasteiger charge is 2.24. The molecule has 0 bridgehead atoms. The van der Waals surface area contributed by atoms with E-state index in [2.05, 4.69) is 31.2 Å². The van der Waals surface area contributed by atoms with E-state index in [4.69, 9.17) is 4.74 Å². The fraction of sp³-hybridized carbons (Fsp3) is 0.474. The van der Waals surface area contributed by atoms with Crippen LogP contribution in [0.2, 0.25) is 0 Å². The molecule has 0 aliphatic heterocycles. The van der Waals surface area contributed by atoms with E-state index in [1.807, 2.05) is 24.3 Å². The zero-order valence-corrected chi connectivity index (χ0v) is 15.5. The summed E-state index contributed by atoms with van der Waals surface area (Å²) in [6, 6.07) is 7.15. The maximum atomic E-state index is 12.8. The van der Waals surface area contributed by atoms with Crippen LogP contribution in [-0.2, 0) is 7.05 Å². The Hall–Kier alpha value is -2.34. The molecule has 1 aromatic heterocycles. The van der Waals surface area contributed by atoms with Gasteiger partial charge < -0.3 is 15.2 Å². The molecular formula is C19H27N3O3. The summed E-state index contributed by atoms with van der Waals surface area (Å²) in [7, 11) is 3.36. The van der Waals surface area contributed by atoms with Gasteiger partial charge in [-0.2, -0.15) is 5.10 Å². The standard InChI is InChI=1S/C19H27N3O3/c1-19(2,3)10-13(12-23)20-18(24)15-11-22(4)21-17(15)14-8-6-7-9-16(14)25-5/h6-9,11,13,23H,10,12H2,1-5H3,(H,20,24). The number of nitrogens with zero attached hydrogens (tertiary/aromatic N) is 2. The van der Waals surface area contributed by atoms with Gasteiger partial charge in [-0.25, -0.2) is 0 Å². The van der Waals surface area contributed by atoms with E-state index in [9.17, 15) is 9.90 Å². The van der Waals surface area contributed by atoms with Crippen molar-refractivity contribution in [2.45, 2.75) is 33.2 Å². The molecule has 0 spiro atoms. The van der Waals surface area contributed by atoms with E-state index in [0.717, 1.165) is 5.56 Å². The molecule has 0 aliphatic rings. The summed E-state index contributed by atoms with van der Waals surface area (Å²) < 4.78 is 7.00. The summed E-state index contributed by atoms with van der Waals surface area (Å²) in [5.74, 6) is 0.404. The number of amides is 1. The van der Waals surface area contributed by atoms with Crippen molar-refractivity contribution in [1.82, 2.24) is 15.1 Å². The lowest BCUT2D eigenvalue weighted by Crippen LogP contribution is -2.40. The molecular weight excluding hydrogens is 318 g/mol. The highest BCUT2D eigenvalue weighted by Crippen LogP contribution is 2.31. The Morgan fingerprint density at radius 1 is 1.36 bits per heavy atom. The highest BCUT2D eigenvalue weighted by molar-refractivity contribution is 6.00. The topological polar surface area (TPSA) is 76.4 Å². The van der Waals surface area contributed by atoms with Gasteiger partial charge in [0, 0.05) is 18.8 Å². The van der Waals surface area contributed by atoms with Gasteiger partial charge in [0.25, 0.3) is 5.91 Å². The zero-order valence-electron chi connectivity index (χ0n) is 15.5. The Morgan fingerprint density at radius 3 is 2.64 bits per heavy atom. The lowest BCUT2D eigenvalue weighted by molar-refractivity contribution is 0.0898. The number of carbonyl (C=O) groups is 1. The van der Waals surface area contributed by atoms with Crippen molar-refractivity contribution in [2.24, 2.45) is 12.5 Å². The number of aliphatic hydroxyl groups is 1. The molecule has 1 atom stereocenters. The third kappa shape index (κ3) is 4.82. The number of hydrogen-bond acceptors (Lipinski definition) is 4. The van der Waals surface area contributed by atoms with Crippen LogP contribution < -0.4 is 10.1 Å². The maximum Gasteiger partial charge on any atom is 0.255 e. The lowest BCUT2D eigenvalue weighted by Gasteiger charge is -2.25. The van der Waals surface area contributed by atoms with Crippen LogP contribution in [0.1, 0.15) is 37.6 Å². The Labute approximate surface area is 148 Å². The van der Waals surface area contributed by atoms with Crippen molar-refractivity contribution in [3.63, 3.8) is 0 Å². The molecule has 2 aromatic rings. The number of rotatable bonds is 6. The van der Waals surface area contributed by atoms with E-state index in [1.165, 1.54) is 0 Å². The summed E-state index contributed by atoms with van der Waals surface area (Å²) in [6.45, 7) is 6.12. The molecule has 0 aliphatic carbocycles. The molecule has 6 nitrogen and oxygen atoms in total. The van der Waals surface area contributed by atoms with Gasteiger partial charge in [0.1, 0.15) is 11.4 Å². The fourth-order valence-electron chi connectivity index (χ4n) is 2.86. The number of hydrogen-bond donors (Lipinski definition) is 2. The first-order chi connectivity index (χ1) is 11.7. The van der Waals surface area contributed by atoms with Crippen LogP contribution in [0, 0.1) is 5.41 Å². The number of nitrogens with one attached hydrogen (secondary N) is 1. The molecule has 0 fully saturated rings. The van der Waals surface area contributed by atoms with Crippen LogP contribution in [0.5, 0.6) is 5.75 Å². The number of aliphatic hydroxyl groups excluding tert-OH is 1. The quantitative estimate of drug-likeness (QED) is 0.844. The second kappa shape index (κ2) is 7.70. The first-order valence-corrected chi connectivity index (χ1v) is 8.34. The second-order valence-corrected chi connectivity index (χ2v) is 7.38. The van der Waals surface area contributed by atoms with Crippen LogP contribution in [0.15, 0.2) is 30.5 Å². The fourth-order valence-corrected chi connectivity index (χ4v) is 2.86. The Kier molecular flexibility index (Phi) is 5.85. The number of benzene rings is 1. The lowest BCUT2D eigenvalue weighted by atomic mass is 9.88. The molecule has 2 N–H and O–H groups in total. The van der Waals surface area contributed by atoms with Gasteiger partial charge in [0.05, 0.1) is 25.3 Å². The molecule has 0 saturated carbocycles. The average molecular weight is 345 g/mol. The molecule has 136 valence electrons. The Balaban J connectivity index is 2.32. The van der Waals surface area contributed by atoms with Gasteiger partial charge in [-0.05, 0) is 24.0 Å². The molecule has 6 heteroatoms. The SMILES string of the molecule is COc1ccccc1-c1nn(C)cc1C(=O)NC(CO)CC(C)(C)C. The third-order valence-corrected chi connectivity index (χ3v) is 3.85. The summed E-state index contributed by atoms with van der Waals surface area (Å²) in [4.78, 5) is 12.8. The molecule has 1 aromatic carbocycles. The number of para-hydroxylation sites is 1. The normalized spacial score (nSPS) is 12.7. The molecule has 25 heavy (non-hydrogen) atoms. The number of carbonyl (C=O) groups excluding carboxylic acids is 1. The van der Waals surface area contributed by atoms with Gasteiger partial charge >= 0.3 is 0 Å². The number of methoxy groups -OCH3 is 1. The maximum absolute atomic E-state index is 12.8. The minimum atomic E-state index is -0.307. The summed E-state index contributed by atoms with van der Waals surface area (Å²) in [5.41, 5.74) is 1.78. The van der Waals surface area contributed by atoms with Crippen LogP contribution >= 0.6 is 0 Å². The number of aromatic nitrogens is 2. The predicted octanol–water partition coefficient (Wildman–Crippen LogP) is 2.62. The minimum absolute atomic E-state index is 0.00109. The molecule has 0 radical (unpaired) electrons. The van der Waals surface area contributed by atoms with Crippen LogP contribution in [0.25, 0.3) is 11.3 Å². The van der Waals surface area contributed by atoms with Crippen molar-refractivity contribution in [2.75, 3.05) is 13.7 Å². The van der Waals surface area contributed by atoms with Gasteiger partial charge in [0.15, 0.2) is 0 Å². The minimum Gasteiger partial charge on any atom is -0.496 e. The third-order valence-electron chi connectivity index (χ3n) is 3.85. The van der Waals surface area contributed by atoms with E-state index in [0.29, 0.717) is 23.4 Å². The monoisotopic (exact) mass is 345 g/mol. The number of aryl methyl sites for hydroxylation is 1. The van der Waals surface area contributed by atoms with Gasteiger partial charge in [-0.3, -0.25) is 9.48 Å². The first kappa shape index (κ1) is 19.0. The van der Waals surface area contributed by atoms with Crippen molar-refractivity contribution in [1.29, 1.82) is 0 Å². The van der Waals surface area contributed by atoms with E-state index in [-0.39, 0.29) is 24.0 Å². The molecule has 2 rings (SSSR count). The number of ether oxygens (including phenoxy) is 1. The van der Waals surface area contributed by atoms with Crippen molar-refractivity contribution >= 4 is 5.91 Å². The predicted molar refractivity (Wildman–Crippen MR) is 97.6 cm³/mol. The molecule has 0 saturated heterocycles. The Bertz CT molecular complexity index is 732. The molecule has 1 heterocycles. The zero-order chi connectivity index (χ0) is 18.6. The molecule has 1 amide bonds. The van der Waals surface area contributed by atoms with Gasteiger partial charge in [-0.15, -0.1) is 0 Å². The van der Waals surface area contributed by atoms with E-state index in [1.54, 1.807) is 25.0 Å². The van der Waals surface area contributed by atoms with Crippen LogP contribution in [0.4, 0.5) is 0 Å². The largest absolute Gasteiger partial charge is 0.496 e. The summed E-state index contributed by atoms with van der Waals surface area (Å²) in [6.07, 6.45) is 2.36. The van der Waals surface area contributed by atoms with Gasteiger partial charge in [-0.1, -0.05) is 32.9 Å². The Morgan fingerprint density at radius 2 is 2.04 bits per heavy atom. The first-order valence-electron chi connectivity index (χ1n) is 8.34. The van der Waals surface area contributed by atoms with Crippen molar-refractivity contribution < 1.29 is 14.6 Å².